The number of nitrogens with zero attached hydrogens (tertiary/aromatic N) is 3. The van der Waals surface area contributed by atoms with Crippen LogP contribution in [0.15, 0.2) is 18.3 Å². The minimum atomic E-state index is -4.42. The minimum absolute atomic E-state index is 0.154. The second-order valence-corrected chi connectivity index (χ2v) is 3.54. The van der Waals surface area contributed by atoms with Crippen LogP contribution in [0.5, 0.6) is 0 Å². The van der Waals surface area contributed by atoms with E-state index in [1.54, 1.807) is 0 Å². The van der Waals surface area contributed by atoms with Gasteiger partial charge in [-0.1, -0.05) is 0 Å². The molecule has 2 aromatic heterocycles. The molecule has 0 saturated heterocycles. The molecule has 3 N–H and O–H groups in total. The van der Waals surface area contributed by atoms with E-state index in [0.717, 1.165) is 10.7 Å². The number of aromatic nitrogens is 4. The van der Waals surface area contributed by atoms with Crippen LogP contribution in [0.4, 0.5) is 13.2 Å². The number of halogens is 3. The largest absolute Gasteiger partial charge is 0.417 e. The Balaban J connectivity index is 2.43. The van der Waals surface area contributed by atoms with Crippen molar-refractivity contribution in [3.05, 3.63) is 28.7 Å². The molecule has 0 atom stereocenters. The second-order valence-electron chi connectivity index (χ2n) is 3.15. The van der Waals surface area contributed by atoms with Crippen molar-refractivity contribution in [2.75, 3.05) is 5.84 Å². The third kappa shape index (κ3) is 2.13. The first-order chi connectivity index (χ1) is 7.89. The molecule has 2 rings (SSSR count). The molecule has 0 fully saturated rings. The summed E-state index contributed by atoms with van der Waals surface area (Å²) >= 11 is 4.77. The molecule has 90 valence electrons. The number of hydrogen-bond donors (Lipinski definition) is 2. The van der Waals surface area contributed by atoms with Crippen molar-refractivity contribution >= 4 is 12.2 Å². The highest BCUT2D eigenvalue weighted by atomic mass is 32.1. The number of aromatic amines is 1. The Bertz CT molecular complexity index is 582. The van der Waals surface area contributed by atoms with Gasteiger partial charge in [0.25, 0.3) is 0 Å². The lowest BCUT2D eigenvalue weighted by molar-refractivity contribution is -0.137. The van der Waals surface area contributed by atoms with E-state index in [2.05, 4.69) is 15.2 Å². The van der Waals surface area contributed by atoms with E-state index in [9.17, 15) is 13.2 Å². The van der Waals surface area contributed by atoms with E-state index in [4.69, 9.17) is 18.1 Å². The van der Waals surface area contributed by atoms with Crippen LogP contribution in [0.1, 0.15) is 5.56 Å². The van der Waals surface area contributed by atoms with Gasteiger partial charge in [-0.05, 0) is 24.4 Å². The van der Waals surface area contributed by atoms with E-state index in [1.807, 2.05) is 0 Å². The topological polar surface area (TPSA) is 72.5 Å². The molecule has 0 spiro atoms. The van der Waals surface area contributed by atoms with Gasteiger partial charge in [0.1, 0.15) is 5.69 Å². The Morgan fingerprint density at radius 2 is 2.06 bits per heavy atom. The van der Waals surface area contributed by atoms with Gasteiger partial charge in [-0.3, -0.25) is 4.98 Å². The molecule has 0 aliphatic heterocycles. The van der Waals surface area contributed by atoms with Crippen molar-refractivity contribution in [2.45, 2.75) is 6.18 Å². The number of H-pyrrole nitrogens is 1. The Labute approximate surface area is 98.1 Å². The van der Waals surface area contributed by atoms with Crippen molar-refractivity contribution in [2.24, 2.45) is 0 Å². The minimum Gasteiger partial charge on any atom is -0.335 e. The quantitative estimate of drug-likeness (QED) is 0.605. The molecular weight excluding hydrogens is 255 g/mol. The second kappa shape index (κ2) is 3.84. The number of nitrogens with one attached hydrogen (secondary N) is 1. The first kappa shape index (κ1) is 11.6. The Morgan fingerprint density at radius 1 is 1.35 bits per heavy atom. The molecule has 2 aromatic rings. The zero-order chi connectivity index (χ0) is 12.6. The SMILES string of the molecule is Nn1c(-c2ccc(C(F)(F)F)cn2)n[nH]c1=S. The number of nitrogens with two attached hydrogens (primary N) is 1. The van der Waals surface area contributed by atoms with Gasteiger partial charge in [-0.15, -0.1) is 0 Å². The summed E-state index contributed by atoms with van der Waals surface area (Å²) in [7, 11) is 0. The van der Waals surface area contributed by atoms with Crippen LogP contribution in [0.25, 0.3) is 11.5 Å². The van der Waals surface area contributed by atoms with Gasteiger partial charge in [0.05, 0.1) is 5.56 Å². The molecular formula is C8H6F3N5S. The van der Waals surface area contributed by atoms with Crippen LogP contribution < -0.4 is 5.84 Å². The summed E-state index contributed by atoms with van der Waals surface area (Å²) in [5.74, 6) is 5.69. The van der Waals surface area contributed by atoms with Gasteiger partial charge in [-0.2, -0.15) is 18.3 Å². The standard InChI is InChI=1S/C8H6F3N5S/c9-8(10,11)4-1-2-5(13-3-4)6-14-15-7(17)16(6)12/h1-3H,12H2,(H,15,17). The molecule has 0 unspecified atom stereocenters. The zero-order valence-corrected chi connectivity index (χ0v) is 9.01. The maximum atomic E-state index is 12.3. The van der Waals surface area contributed by atoms with Gasteiger partial charge in [0.15, 0.2) is 5.82 Å². The predicted octanol–water partition coefficient (Wildman–Crippen LogP) is 1.74. The van der Waals surface area contributed by atoms with E-state index in [-0.39, 0.29) is 16.3 Å². The Kier molecular flexibility index (Phi) is 2.62. The van der Waals surface area contributed by atoms with Gasteiger partial charge >= 0.3 is 6.18 Å². The third-order valence-corrected chi connectivity index (χ3v) is 2.31. The number of hydrogen-bond acceptors (Lipinski definition) is 4. The number of nitrogen functional groups attached to an aromatic ring is 1. The van der Waals surface area contributed by atoms with Crippen LogP contribution >= 0.6 is 12.2 Å². The molecule has 0 aliphatic carbocycles. The van der Waals surface area contributed by atoms with E-state index in [1.165, 1.54) is 6.07 Å². The highest BCUT2D eigenvalue weighted by molar-refractivity contribution is 7.71. The highest BCUT2D eigenvalue weighted by Gasteiger charge is 2.30. The normalized spacial score (nSPS) is 11.7. The first-order valence-corrected chi connectivity index (χ1v) is 4.76. The highest BCUT2D eigenvalue weighted by Crippen LogP contribution is 2.29. The number of pyridine rings is 1. The zero-order valence-electron chi connectivity index (χ0n) is 8.19. The smallest absolute Gasteiger partial charge is 0.335 e. The Morgan fingerprint density at radius 3 is 2.47 bits per heavy atom. The predicted molar refractivity (Wildman–Crippen MR) is 55.8 cm³/mol. The van der Waals surface area contributed by atoms with Crippen LogP contribution in [0.2, 0.25) is 0 Å². The van der Waals surface area contributed by atoms with Crippen molar-refractivity contribution in [1.82, 2.24) is 19.9 Å². The maximum absolute atomic E-state index is 12.3. The van der Waals surface area contributed by atoms with Gasteiger partial charge in [-0.25, -0.2) is 9.77 Å². The summed E-state index contributed by atoms with van der Waals surface area (Å²) in [6, 6.07) is 2.08. The lowest BCUT2D eigenvalue weighted by Gasteiger charge is -2.06. The molecule has 9 heteroatoms. The van der Waals surface area contributed by atoms with Gasteiger partial charge < -0.3 is 5.84 Å². The van der Waals surface area contributed by atoms with Gasteiger partial charge in [0, 0.05) is 6.20 Å². The Hall–Kier alpha value is -1.90. The summed E-state index contributed by atoms with van der Waals surface area (Å²) in [4.78, 5) is 3.64. The molecule has 17 heavy (non-hydrogen) atoms. The molecule has 0 amide bonds. The summed E-state index contributed by atoms with van der Waals surface area (Å²) in [6.45, 7) is 0. The van der Waals surface area contributed by atoms with E-state index < -0.39 is 11.7 Å². The average Bonchev–Trinajstić information content (AvgIpc) is 2.59. The van der Waals surface area contributed by atoms with Crippen LogP contribution in [0.3, 0.4) is 0 Å². The third-order valence-electron chi connectivity index (χ3n) is 2.02. The van der Waals surface area contributed by atoms with Crippen molar-refractivity contribution in [3.8, 4) is 11.5 Å². The van der Waals surface area contributed by atoms with Crippen LogP contribution in [0, 0.1) is 4.77 Å². The van der Waals surface area contributed by atoms with Crippen LogP contribution in [-0.2, 0) is 6.18 Å². The number of rotatable bonds is 1. The van der Waals surface area contributed by atoms with Crippen LogP contribution in [-0.4, -0.2) is 19.9 Å². The molecule has 0 saturated carbocycles. The van der Waals surface area contributed by atoms with E-state index >= 15 is 0 Å². The summed E-state index contributed by atoms with van der Waals surface area (Å²) < 4.78 is 38.1. The molecule has 2 heterocycles. The average molecular weight is 261 g/mol. The summed E-state index contributed by atoms with van der Waals surface area (Å²) in [6.07, 6.45) is -3.70. The van der Waals surface area contributed by atoms with Gasteiger partial charge in [0.2, 0.25) is 4.77 Å². The monoisotopic (exact) mass is 261 g/mol. The first-order valence-electron chi connectivity index (χ1n) is 4.35. The molecule has 0 aliphatic rings. The molecule has 5 nitrogen and oxygen atoms in total. The van der Waals surface area contributed by atoms with Crippen molar-refractivity contribution < 1.29 is 13.2 Å². The fraction of sp³-hybridized carbons (Fsp3) is 0.125. The summed E-state index contributed by atoms with van der Waals surface area (Å²) in [5.41, 5.74) is -0.633. The molecule has 0 radical (unpaired) electrons. The maximum Gasteiger partial charge on any atom is 0.417 e. The molecule has 0 bridgehead atoms. The molecule has 0 aromatic carbocycles. The summed E-state index contributed by atoms with van der Waals surface area (Å²) in [5, 5.41) is 6.16. The fourth-order valence-electron chi connectivity index (χ4n) is 1.18. The van der Waals surface area contributed by atoms with E-state index in [0.29, 0.717) is 6.20 Å². The fourth-order valence-corrected chi connectivity index (χ4v) is 1.31. The number of alkyl halides is 3. The van der Waals surface area contributed by atoms with Crippen molar-refractivity contribution in [1.29, 1.82) is 0 Å². The lowest BCUT2D eigenvalue weighted by Crippen LogP contribution is -2.11. The lowest BCUT2D eigenvalue weighted by atomic mass is 10.2. The van der Waals surface area contributed by atoms with Crippen molar-refractivity contribution in [3.63, 3.8) is 0 Å².